The van der Waals surface area contributed by atoms with Crippen LogP contribution in [0.4, 0.5) is 0 Å². The van der Waals surface area contributed by atoms with Crippen molar-refractivity contribution in [3.8, 4) is 0 Å². The van der Waals surface area contributed by atoms with Crippen molar-refractivity contribution >= 4 is 0 Å². The molecule has 1 saturated carbocycles. The number of hydrogen-bond acceptors (Lipinski definition) is 1. The molecule has 0 aromatic heterocycles. The van der Waals surface area contributed by atoms with Crippen LogP contribution in [0.1, 0.15) is 56.2 Å². The lowest BCUT2D eigenvalue weighted by molar-refractivity contribution is 0.411. The summed E-state index contributed by atoms with van der Waals surface area (Å²) in [7, 11) is 0. The number of rotatable bonds is 3. The van der Waals surface area contributed by atoms with Gasteiger partial charge >= 0.3 is 0 Å². The first-order chi connectivity index (χ1) is 7.75. The lowest BCUT2D eigenvalue weighted by atomic mass is 10.0. The summed E-state index contributed by atoms with van der Waals surface area (Å²) in [6.07, 6.45) is 4.13. The molecule has 1 fully saturated rings. The molecule has 0 saturated heterocycles. The molecule has 2 aliphatic carbocycles. The van der Waals surface area contributed by atoms with E-state index in [1.807, 2.05) is 0 Å². The molecule has 86 valence electrons. The summed E-state index contributed by atoms with van der Waals surface area (Å²) in [5.41, 5.74) is 3.10. The van der Waals surface area contributed by atoms with Crippen LogP contribution in [0.3, 0.4) is 0 Å². The quantitative estimate of drug-likeness (QED) is 0.812. The molecular formula is C15H21N. The van der Waals surface area contributed by atoms with Gasteiger partial charge in [0.05, 0.1) is 0 Å². The van der Waals surface area contributed by atoms with Gasteiger partial charge in [-0.2, -0.15) is 0 Å². The van der Waals surface area contributed by atoms with Crippen molar-refractivity contribution in [3.63, 3.8) is 0 Å². The molecule has 0 radical (unpaired) electrons. The molecular weight excluding hydrogens is 194 g/mol. The summed E-state index contributed by atoms with van der Waals surface area (Å²) >= 11 is 0. The Hall–Kier alpha value is -0.820. The fraction of sp³-hybridized carbons (Fsp3) is 0.600. The second-order valence-electron chi connectivity index (χ2n) is 5.61. The maximum absolute atomic E-state index is 3.83. The molecule has 3 unspecified atom stereocenters. The van der Waals surface area contributed by atoms with Crippen molar-refractivity contribution in [1.29, 1.82) is 0 Å². The second-order valence-corrected chi connectivity index (χ2v) is 5.61. The zero-order valence-electron chi connectivity index (χ0n) is 10.2. The van der Waals surface area contributed by atoms with Crippen LogP contribution in [0.5, 0.6) is 0 Å². The van der Waals surface area contributed by atoms with Crippen LogP contribution >= 0.6 is 0 Å². The van der Waals surface area contributed by atoms with E-state index in [-0.39, 0.29) is 0 Å². The molecule has 1 aromatic carbocycles. The third kappa shape index (κ3) is 1.78. The maximum atomic E-state index is 3.83. The largest absolute Gasteiger partial charge is 0.307 e. The standard InChI is InChI=1S/C15H21N/c1-10-9-15(16-11(2)12-7-8-12)14-6-4-3-5-13(10)14/h3-6,10-12,15-16H,7-9H2,1-2H3. The minimum atomic E-state index is 0.599. The fourth-order valence-corrected chi connectivity index (χ4v) is 3.09. The highest BCUT2D eigenvalue weighted by Gasteiger charge is 2.33. The van der Waals surface area contributed by atoms with E-state index in [4.69, 9.17) is 0 Å². The van der Waals surface area contributed by atoms with Gasteiger partial charge in [-0.15, -0.1) is 0 Å². The number of benzene rings is 1. The van der Waals surface area contributed by atoms with Crippen molar-refractivity contribution in [1.82, 2.24) is 5.32 Å². The summed E-state index contributed by atoms with van der Waals surface area (Å²) in [4.78, 5) is 0. The van der Waals surface area contributed by atoms with E-state index in [0.717, 1.165) is 11.8 Å². The van der Waals surface area contributed by atoms with E-state index in [1.54, 1.807) is 11.1 Å². The Morgan fingerprint density at radius 2 is 1.88 bits per heavy atom. The number of hydrogen-bond donors (Lipinski definition) is 1. The predicted molar refractivity (Wildman–Crippen MR) is 67.5 cm³/mol. The van der Waals surface area contributed by atoms with E-state index in [0.29, 0.717) is 12.1 Å². The monoisotopic (exact) mass is 215 g/mol. The molecule has 3 atom stereocenters. The highest BCUT2D eigenvalue weighted by atomic mass is 15.0. The molecule has 1 N–H and O–H groups in total. The summed E-state index contributed by atoms with van der Waals surface area (Å²) in [5, 5.41) is 3.83. The summed E-state index contributed by atoms with van der Waals surface area (Å²) < 4.78 is 0. The molecule has 16 heavy (non-hydrogen) atoms. The van der Waals surface area contributed by atoms with E-state index >= 15 is 0 Å². The SMILES string of the molecule is CC1CC(NC(C)C2CC2)c2ccccc21. The maximum Gasteiger partial charge on any atom is 0.0331 e. The molecule has 0 amide bonds. The summed E-state index contributed by atoms with van der Waals surface area (Å²) in [5.74, 6) is 1.67. The van der Waals surface area contributed by atoms with Crippen molar-refractivity contribution < 1.29 is 0 Å². The first-order valence-corrected chi connectivity index (χ1v) is 6.60. The smallest absolute Gasteiger partial charge is 0.0331 e. The average Bonchev–Trinajstić information content (AvgIpc) is 3.08. The van der Waals surface area contributed by atoms with E-state index in [2.05, 4.69) is 43.4 Å². The Morgan fingerprint density at radius 3 is 2.56 bits per heavy atom. The molecule has 0 bridgehead atoms. The molecule has 0 spiro atoms. The zero-order valence-corrected chi connectivity index (χ0v) is 10.2. The van der Waals surface area contributed by atoms with Crippen LogP contribution < -0.4 is 5.32 Å². The first kappa shape index (κ1) is 10.3. The Morgan fingerprint density at radius 1 is 1.19 bits per heavy atom. The summed E-state index contributed by atoms with van der Waals surface area (Å²) in [6.45, 7) is 4.70. The lowest BCUT2D eigenvalue weighted by Crippen LogP contribution is -2.31. The van der Waals surface area contributed by atoms with Crippen LogP contribution in [0.15, 0.2) is 24.3 Å². The van der Waals surface area contributed by atoms with Gasteiger partial charge in [0.25, 0.3) is 0 Å². The highest BCUT2D eigenvalue weighted by molar-refractivity contribution is 5.37. The molecule has 1 aromatic rings. The van der Waals surface area contributed by atoms with Gasteiger partial charge < -0.3 is 5.32 Å². The van der Waals surface area contributed by atoms with Crippen LogP contribution in [0.2, 0.25) is 0 Å². The minimum Gasteiger partial charge on any atom is -0.307 e. The normalized spacial score (nSPS) is 30.1. The highest BCUT2D eigenvalue weighted by Crippen LogP contribution is 2.41. The zero-order chi connectivity index (χ0) is 11.1. The van der Waals surface area contributed by atoms with Crippen LogP contribution in [-0.4, -0.2) is 6.04 Å². The third-order valence-electron chi connectivity index (χ3n) is 4.28. The van der Waals surface area contributed by atoms with Crippen molar-refractivity contribution in [3.05, 3.63) is 35.4 Å². The van der Waals surface area contributed by atoms with Gasteiger partial charge in [0.2, 0.25) is 0 Å². The molecule has 1 nitrogen and oxygen atoms in total. The van der Waals surface area contributed by atoms with E-state index in [1.165, 1.54) is 19.3 Å². The van der Waals surface area contributed by atoms with Crippen LogP contribution in [-0.2, 0) is 0 Å². The molecule has 1 heteroatoms. The van der Waals surface area contributed by atoms with Gasteiger partial charge in [-0.25, -0.2) is 0 Å². The Bertz CT molecular complexity index is 381. The topological polar surface area (TPSA) is 12.0 Å². The first-order valence-electron chi connectivity index (χ1n) is 6.60. The minimum absolute atomic E-state index is 0.599. The van der Waals surface area contributed by atoms with Gasteiger partial charge in [-0.05, 0) is 49.1 Å². The van der Waals surface area contributed by atoms with Crippen molar-refractivity contribution in [2.24, 2.45) is 5.92 Å². The number of fused-ring (bicyclic) bond motifs is 1. The molecule has 0 heterocycles. The summed E-state index contributed by atoms with van der Waals surface area (Å²) in [6, 6.07) is 10.2. The predicted octanol–water partition coefficient (Wildman–Crippen LogP) is 3.62. The molecule has 3 rings (SSSR count). The van der Waals surface area contributed by atoms with Gasteiger partial charge in [-0.3, -0.25) is 0 Å². The van der Waals surface area contributed by atoms with Crippen molar-refractivity contribution in [2.45, 2.75) is 51.1 Å². The molecule has 0 aliphatic heterocycles. The second kappa shape index (κ2) is 3.89. The van der Waals surface area contributed by atoms with Crippen LogP contribution in [0, 0.1) is 5.92 Å². The lowest BCUT2D eigenvalue weighted by Gasteiger charge is -2.20. The van der Waals surface area contributed by atoms with Gasteiger partial charge in [0.15, 0.2) is 0 Å². The Labute approximate surface area is 98.3 Å². The Kier molecular flexibility index (Phi) is 2.51. The van der Waals surface area contributed by atoms with E-state index in [9.17, 15) is 0 Å². The van der Waals surface area contributed by atoms with Gasteiger partial charge in [0.1, 0.15) is 0 Å². The van der Waals surface area contributed by atoms with E-state index < -0.39 is 0 Å². The third-order valence-corrected chi connectivity index (χ3v) is 4.28. The average molecular weight is 215 g/mol. The van der Waals surface area contributed by atoms with Gasteiger partial charge in [0, 0.05) is 12.1 Å². The van der Waals surface area contributed by atoms with Crippen molar-refractivity contribution in [2.75, 3.05) is 0 Å². The molecule has 2 aliphatic rings. The number of nitrogens with one attached hydrogen (secondary N) is 1. The van der Waals surface area contributed by atoms with Gasteiger partial charge in [-0.1, -0.05) is 31.2 Å². The Balaban J connectivity index is 1.77. The fourth-order valence-electron chi connectivity index (χ4n) is 3.09. The van der Waals surface area contributed by atoms with Crippen LogP contribution in [0.25, 0.3) is 0 Å².